The van der Waals surface area contributed by atoms with Crippen molar-refractivity contribution in [3.8, 4) is 0 Å². The first-order valence-corrected chi connectivity index (χ1v) is 5.86. The van der Waals surface area contributed by atoms with Gasteiger partial charge in [-0.2, -0.15) is 0 Å². The number of nitrogens with one attached hydrogen (secondary N) is 1. The van der Waals surface area contributed by atoms with Crippen molar-refractivity contribution >= 4 is 5.91 Å². The standard InChI is InChI=1S/C11H22N2O2/c1-2-13-11(14)6-7-15-10-5-3-4-9(12)8-10/h9-10H,2-8,12H2,1H3,(H,13,14). The zero-order valence-corrected chi connectivity index (χ0v) is 9.50. The van der Waals surface area contributed by atoms with E-state index in [9.17, 15) is 4.79 Å². The van der Waals surface area contributed by atoms with Gasteiger partial charge in [0.25, 0.3) is 0 Å². The van der Waals surface area contributed by atoms with Gasteiger partial charge in [0.15, 0.2) is 0 Å². The van der Waals surface area contributed by atoms with Crippen LogP contribution in [0.5, 0.6) is 0 Å². The quantitative estimate of drug-likeness (QED) is 0.711. The third-order valence-corrected chi connectivity index (χ3v) is 2.72. The molecule has 1 fully saturated rings. The van der Waals surface area contributed by atoms with Crippen LogP contribution < -0.4 is 11.1 Å². The van der Waals surface area contributed by atoms with Crippen molar-refractivity contribution in [3.05, 3.63) is 0 Å². The van der Waals surface area contributed by atoms with Crippen molar-refractivity contribution in [1.82, 2.24) is 5.32 Å². The Hall–Kier alpha value is -0.610. The molecule has 0 aliphatic heterocycles. The molecule has 0 spiro atoms. The average Bonchev–Trinajstić information content (AvgIpc) is 2.18. The highest BCUT2D eigenvalue weighted by Crippen LogP contribution is 2.19. The minimum Gasteiger partial charge on any atom is -0.378 e. The van der Waals surface area contributed by atoms with Crippen molar-refractivity contribution < 1.29 is 9.53 Å². The predicted molar refractivity (Wildman–Crippen MR) is 59.5 cm³/mol. The number of carbonyl (C=O) groups is 1. The lowest BCUT2D eigenvalue weighted by Crippen LogP contribution is -2.33. The molecule has 88 valence electrons. The topological polar surface area (TPSA) is 64.3 Å². The number of hydrogen-bond donors (Lipinski definition) is 2. The maximum Gasteiger partial charge on any atom is 0.222 e. The summed E-state index contributed by atoms with van der Waals surface area (Å²) in [6, 6.07) is 0.285. The summed E-state index contributed by atoms with van der Waals surface area (Å²) in [6.07, 6.45) is 5.00. The Bertz CT molecular complexity index is 197. The van der Waals surface area contributed by atoms with Crippen molar-refractivity contribution in [2.45, 2.75) is 51.2 Å². The van der Waals surface area contributed by atoms with Crippen molar-refractivity contribution in [2.75, 3.05) is 13.2 Å². The molecule has 0 heterocycles. The fraction of sp³-hybridized carbons (Fsp3) is 0.909. The van der Waals surface area contributed by atoms with E-state index in [0.717, 1.165) is 25.7 Å². The third-order valence-electron chi connectivity index (χ3n) is 2.72. The zero-order valence-electron chi connectivity index (χ0n) is 9.50. The summed E-state index contributed by atoms with van der Waals surface area (Å²) in [4.78, 5) is 11.1. The van der Waals surface area contributed by atoms with Crippen molar-refractivity contribution in [2.24, 2.45) is 5.73 Å². The summed E-state index contributed by atoms with van der Waals surface area (Å²) in [5.41, 5.74) is 5.85. The molecule has 1 aliphatic carbocycles. The number of hydrogen-bond acceptors (Lipinski definition) is 3. The van der Waals surface area contributed by atoms with E-state index in [-0.39, 0.29) is 18.1 Å². The van der Waals surface area contributed by atoms with Gasteiger partial charge in [-0.1, -0.05) is 0 Å². The molecule has 4 nitrogen and oxygen atoms in total. The molecule has 0 saturated heterocycles. The van der Waals surface area contributed by atoms with E-state index >= 15 is 0 Å². The highest BCUT2D eigenvalue weighted by Gasteiger charge is 2.19. The van der Waals surface area contributed by atoms with Crippen molar-refractivity contribution in [1.29, 1.82) is 0 Å². The Kier molecular flexibility index (Phi) is 5.65. The molecule has 0 bridgehead atoms. The first kappa shape index (κ1) is 12.5. The SMILES string of the molecule is CCNC(=O)CCOC1CCCC(N)C1. The molecule has 1 saturated carbocycles. The van der Waals surface area contributed by atoms with Gasteiger partial charge in [0.05, 0.1) is 12.7 Å². The first-order valence-electron chi connectivity index (χ1n) is 5.86. The van der Waals surface area contributed by atoms with Gasteiger partial charge in [-0.15, -0.1) is 0 Å². The molecule has 0 aromatic rings. The number of amides is 1. The average molecular weight is 214 g/mol. The molecule has 1 aliphatic rings. The van der Waals surface area contributed by atoms with Crippen LogP contribution in [-0.4, -0.2) is 31.2 Å². The smallest absolute Gasteiger partial charge is 0.222 e. The molecular weight excluding hydrogens is 192 g/mol. The highest BCUT2D eigenvalue weighted by molar-refractivity contribution is 5.75. The van der Waals surface area contributed by atoms with E-state index in [1.54, 1.807) is 0 Å². The van der Waals surface area contributed by atoms with Gasteiger partial charge in [0, 0.05) is 19.0 Å². The van der Waals surface area contributed by atoms with Crippen LogP contribution >= 0.6 is 0 Å². The van der Waals surface area contributed by atoms with E-state index in [1.165, 1.54) is 0 Å². The highest BCUT2D eigenvalue weighted by atomic mass is 16.5. The maximum absolute atomic E-state index is 11.1. The van der Waals surface area contributed by atoms with Gasteiger partial charge in [0.2, 0.25) is 5.91 Å². The summed E-state index contributed by atoms with van der Waals surface area (Å²) >= 11 is 0. The fourth-order valence-electron chi connectivity index (χ4n) is 1.94. The molecule has 1 amide bonds. The lowest BCUT2D eigenvalue weighted by molar-refractivity contribution is -0.122. The second-order valence-corrected chi connectivity index (χ2v) is 4.12. The largest absolute Gasteiger partial charge is 0.378 e. The van der Waals surface area contributed by atoms with Gasteiger partial charge < -0.3 is 15.8 Å². The van der Waals surface area contributed by atoms with Crippen LogP contribution in [-0.2, 0) is 9.53 Å². The van der Waals surface area contributed by atoms with Crippen LogP contribution in [0.3, 0.4) is 0 Å². The van der Waals surface area contributed by atoms with E-state index in [1.807, 2.05) is 6.92 Å². The van der Waals surface area contributed by atoms with Gasteiger partial charge in [-0.05, 0) is 32.6 Å². The van der Waals surface area contributed by atoms with E-state index in [0.29, 0.717) is 19.6 Å². The fourth-order valence-corrected chi connectivity index (χ4v) is 1.94. The van der Waals surface area contributed by atoms with Crippen LogP contribution in [0.1, 0.15) is 39.0 Å². The summed E-state index contributed by atoms with van der Waals surface area (Å²) in [6.45, 7) is 3.12. The van der Waals surface area contributed by atoms with Gasteiger partial charge in [-0.3, -0.25) is 4.79 Å². The Morgan fingerprint density at radius 2 is 2.33 bits per heavy atom. The summed E-state index contributed by atoms with van der Waals surface area (Å²) in [5, 5.41) is 2.75. The minimum absolute atomic E-state index is 0.0672. The molecule has 3 N–H and O–H groups in total. The monoisotopic (exact) mass is 214 g/mol. The van der Waals surface area contributed by atoms with E-state index < -0.39 is 0 Å². The first-order chi connectivity index (χ1) is 7.22. The molecule has 0 radical (unpaired) electrons. The minimum atomic E-state index is 0.0672. The van der Waals surface area contributed by atoms with Crippen LogP contribution in [0, 0.1) is 0 Å². The molecule has 15 heavy (non-hydrogen) atoms. The van der Waals surface area contributed by atoms with Crippen LogP contribution in [0.2, 0.25) is 0 Å². The zero-order chi connectivity index (χ0) is 11.1. The Balaban J connectivity index is 2.06. The number of rotatable bonds is 5. The number of ether oxygens (including phenoxy) is 1. The predicted octanol–water partition coefficient (Wildman–Crippen LogP) is 0.799. The molecular formula is C11H22N2O2. The maximum atomic E-state index is 11.1. The van der Waals surface area contributed by atoms with E-state index in [2.05, 4.69) is 5.32 Å². The Labute approximate surface area is 91.5 Å². The second-order valence-electron chi connectivity index (χ2n) is 4.12. The molecule has 0 aromatic heterocycles. The lowest BCUT2D eigenvalue weighted by Gasteiger charge is -2.26. The normalized spacial score (nSPS) is 26.3. The van der Waals surface area contributed by atoms with Crippen molar-refractivity contribution in [3.63, 3.8) is 0 Å². The molecule has 0 aromatic carbocycles. The third kappa shape index (κ3) is 5.14. The van der Waals surface area contributed by atoms with Gasteiger partial charge in [-0.25, -0.2) is 0 Å². The Morgan fingerprint density at radius 1 is 1.53 bits per heavy atom. The summed E-state index contributed by atoms with van der Waals surface area (Å²) < 4.78 is 5.63. The van der Waals surface area contributed by atoms with Crippen LogP contribution in [0.15, 0.2) is 0 Å². The molecule has 2 unspecified atom stereocenters. The van der Waals surface area contributed by atoms with Gasteiger partial charge >= 0.3 is 0 Å². The van der Waals surface area contributed by atoms with Gasteiger partial charge in [0.1, 0.15) is 0 Å². The number of carbonyl (C=O) groups excluding carboxylic acids is 1. The van der Waals surface area contributed by atoms with Crippen LogP contribution in [0.25, 0.3) is 0 Å². The Morgan fingerprint density at radius 3 is 3.00 bits per heavy atom. The second kappa shape index (κ2) is 6.80. The van der Waals surface area contributed by atoms with E-state index in [4.69, 9.17) is 10.5 Å². The molecule has 4 heteroatoms. The molecule has 1 rings (SSSR count). The lowest BCUT2D eigenvalue weighted by atomic mass is 9.94. The summed E-state index contributed by atoms with van der Waals surface area (Å²) in [7, 11) is 0. The molecule has 2 atom stereocenters. The number of nitrogens with two attached hydrogens (primary N) is 1. The summed E-state index contributed by atoms with van der Waals surface area (Å²) in [5.74, 6) is 0.0672. The van der Waals surface area contributed by atoms with Crippen LogP contribution in [0.4, 0.5) is 0 Å².